The lowest BCUT2D eigenvalue weighted by Gasteiger charge is -2.32. The highest BCUT2D eigenvalue weighted by atomic mass is 16.6. The molecule has 92 valence electrons. The van der Waals surface area contributed by atoms with Crippen LogP contribution in [0, 0.1) is 0 Å². The maximum atomic E-state index is 11.8. The van der Waals surface area contributed by atoms with Crippen LogP contribution in [0.3, 0.4) is 0 Å². The van der Waals surface area contributed by atoms with E-state index >= 15 is 0 Å². The molecular formula is C11H20N2O3. The Balaban J connectivity index is 1.84. The fraction of sp³-hybridized carbons (Fsp3) is 0.909. The number of carbonyl (C=O) groups excluding carboxylic acids is 1. The maximum absolute atomic E-state index is 11.8. The average molecular weight is 228 g/mol. The smallest absolute Gasteiger partial charge is 0.411 e. The molecule has 0 aromatic heterocycles. The molecule has 5 heteroatoms. The Labute approximate surface area is 96.1 Å². The molecule has 5 nitrogen and oxygen atoms in total. The van der Waals surface area contributed by atoms with Gasteiger partial charge in [0, 0.05) is 20.2 Å². The number of nitrogens with one attached hydrogen (secondary N) is 1. The predicted molar refractivity (Wildman–Crippen MR) is 59.1 cm³/mol. The summed E-state index contributed by atoms with van der Waals surface area (Å²) >= 11 is 0. The van der Waals surface area contributed by atoms with Gasteiger partial charge in [-0.1, -0.05) is 0 Å². The van der Waals surface area contributed by atoms with Crippen molar-refractivity contribution >= 4 is 6.09 Å². The quantitative estimate of drug-likeness (QED) is 0.764. The van der Waals surface area contributed by atoms with Crippen molar-refractivity contribution in [3.8, 4) is 0 Å². The first-order valence-corrected chi connectivity index (χ1v) is 6.03. The molecule has 2 aliphatic heterocycles. The lowest BCUT2D eigenvalue weighted by molar-refractivity contribution is -0.0623. The van der Waals surface area contributed by atoms with E-state index in [1.54, 1.807) is 12.0 Å². The Bertz CT molecular complexity index is 241. The number of rotatable bonds is 2. The van der Waals surface area contributed by atoms with Gasteiger partial charge in [0.1, 0.15) is 6.10 Å². The van der Waals surface area contributed by atoms with Gasteiger partial charge >= 0.3 is 6.09 Å². The van der Waals surface area contributed by atoms with E-state index in [0.717, 1.165) is 45.3 Å². The fourth-order valence-electron chi connectivity index (χ4n) is 2.27. The SMILES string of the molecule is COC1CCCNC1OC(=O)N1CCCC1. The van der Waals surface area contributed by atoms with Crippen molar-refractivity contribution < 1.29 is 14.3 Å². The van der Waals surface area contributed by atoms with E-state index in [4.69, 9.17) is 9.47 Å². The van der Waals surface area contributed by atoms with Gasteiger partial charge in [0.05, 0.1) is 0 Å². The van der Waals surface area contributed by atoms with Gasteiger partial charge in [0.2, 0.25) is 0 Å². The van der Waals surface area contributed by atoms with Crippen LogP contribution in [0.25, 0.3) is 0 Å². The number of methoxy groups -OCH3 is 1. The van der Waals surface area contributed by atoms with Gasteiger partial charge < -0.3 is 14.4 Å². The van der Waals surface area contributed by atoms with E-state index < -0.39 is 0 Å². The molecule has 2 unspecified atom stereocenters. The molecule has 2 heterocycles. The second-order valence-corrected chi connectivity index (χ2v) is 4.37. The van der Waals surface area contributed by atoms with Gasteiger partial charge in [-0.3, -0.25) is 5.32 Å². The molecule has 1 amide bonds. The molecule has 0 aromatic carbocycles. The third-order valence-corrected chi connectivity index (χ3v) is 3.24. The van der Waals surface area contributed by atoms with Crippen molar-refractivity contribution in [3.63, 3.8) is 0 Å². The Morgan fingerprint density at radius 2 is 2.06 bits per heavy atom. The number of carbonyl (C=O) groups is 1. The van der Waals surface area contributed by atoms with Gasteiger partial charge in [-0.2, -0.15) is 0 Å². The number of ether oxygens (including phenoxy) is 2. The minimum atomic E-state index is -0.285. The zero-order valence-corrected chi connectivity index (χ0v) is 9.78. The Morgan fingerprint density at radius 1 is 1.31 bits per heavy atom. The number of nitrogens with zero attached hydrogens (tertiary/aromatic N) is 1. The number of amides is 1. The molecule has 0 spiro atoms. The largest absolute Gasteiger partial charge is 0.427 e. The predicted octanol–water partition coefficient (Wildman–Crippen LogP) is 0.943. The van der Waals surface area contributed by atoms with Crippen LogP contribution in [0.4, 0.5) is 4.79 Å². The van der Waals surface area contributed by atoms with E-state index in [0.29, 0.717) is 0 Å². The van der Waals surface area contributed by atoms with Gasteiger partial charge in [0.25, 0.3) is 0 Å². The summed E-state index contributed by atoms with van der Waals surface area (Å²) in [6, 6.07) is 0. The zero-order chi connectivity index (χ0) is 11.4. The molecule has 2 aliphatic rings. The lowest BCUT2D eigenvalue weighted by atomic mass is 10.1. The minimum absolute atomic E-state index is 0.0136. The molecule has 2 fully saturated rings. The van der Waals surface area contributed by atoms with Crippen LogP contribution in [-0.2, 0) is 9.47 Å². The Kier molecular flexibility index (Phi) is 4.01. The van der Waals surface area contributed by atoms with E-state index in [1.807, 2.05) is 0 Å². The summed E-state index contributed by atoms with van der Waals surface area (Å²) in [7, 11) is 1.66. The zero-order valence-electron chi connectivity index (χ0n) is 9.78. The highest BCUT2D eigenvalue weighted by molar-refractivity contribution is 5.68. The maximum Gasteiger partial charge on any atom is 0.411 e. The fourth-order valence-corrected chi connectivity index (χ4v) is 2.27. The molecule has 0 aromatic rings. The van der Waals surface area contributed by atoms with Crippen LogP contribution in [-0.4, -0.2) is 50.1 Å². The van der Waals surface area contributed by atoms with E-state index in [9.17, 15) is 4.79 Å². The van der Waals surface area contributed by atoms with E-state index in [1.165, 1.54) is 0 Å². The highest BCUT2D eigenvalue weighted by Gasteiger charge is 2.30. The van der Waals surface area contributed by atoms with Crippen molar-refractivity contribution in [2.75, 3.05) is 26.7 Å². The summed E-state index contributed by atoms with van der Waals surface area (Å²) in [6.07, 6.45) is 3.67. The first kappa shape index (κ1) is 11.7. The second-order valence-electron chi connectivity index (χ2n) is 4.37. The standard InChI is InChI=1S/C11H20N2O3/c1-15-9-5-4-6-12-10(9)16-11(14)13-7-2-3-8-13/h9-10,12H,2-8H2,1H3. The van der Waals surface area contributed by atoms with Crippen LogP contribution in [0.15, 0.2) is 0 Å². The van der Waals surface area contributed by atoms with E-state index in [2.05, 4.69) is 5.32 Å². The van der Waals surface area contributed by atoms with Crippen LogP contribution >= 0.6 is 0 Å². The summed E-state index contributed by atoms with van der Waals surface area (Å²) in [5.41, 5.74) is 0. The molecule has 0 saturated carbocycles. The number of hydrogen-bond acceptors (Lipinski definition) is 4. The van der Waals surface area contributed by atoms with Crippen molar-refractivity contribution in [3.05, 3.63) is 0 Å². The molecular weight excluding hydrogens is 208 g/mol. The van der Waals surface area contributed by atoms with Gasteiger partial charge in [0.15, 0.2) is 6.23 Å². The van der Waals surface area contributed by atoms with Crippen molar-refractivity contribution in [2.45, 2.75) is 38.0 Å². The van der Waals surface area contributed by atoms with Crippen LogP contribution in [0.2, 0.25) is 0 Å². The Morgan fingerprint density at radius 3 is 2.75 bits per heavy atom. The minimum Gasteiger partial charge on any atom is -0.427 e. The highest BCUT2D eigenvalue weighted by Crippen LogP contribution is 2.16. The first-order chi connectivity index (χ1) is 7.81. The molecule has 2 rings (SSSR count). The molecule has 0 radical (unpaired) electrons. The molecule has 0 bridgehead atoms. The summed E-state index contributed by atoms with van der Waals surface area (Å²) in [5, 5.41) is 3.18. The normalized spacial score (nSPS) is 30.4. The Hall–Kier alpha value is -0.810. The third-order valence-electron chi connectivity index (χ3n) is 3.24. The molecule has 2 atom stereocenters. The van der Waals surface area contributed by atoms with Crippen LogP contribution in [0.5, 0.6) is 0 Å². The number of likely N-dealkylation sites (tertiary alicyclic amines) is 1. The van der Waals surface area contributed by atoms with Crippen LogP contribution in [0.1, 0.15) is 25.7 Å². The molecule has 16 heavy (non-hydrogen) atoms. The molecule has 1 N–H and O–H groups in total. The number of hydrogen-bond donors (Lipinski definition) is 1. The number of piperidine rings is 1. The average Bonchev–Trinajstić information content (AvgIpc) is 2.83. The van der Waals surface area contributed by atoms with E-state index in [-0.39, 0.29) is 18.4 Å². The van der Waals surface area contributed by atoms with Crippen LogP contribution < -0.4 is 5.32 Å². The van der Waals surface area contributed by atoms with Gasteiger partial charge in [-0.05, 0) is 32.2 Å². The summed E-state index contributed by atoms with van der Waals surface area (Å²) in [4.78, 5) is 13.6. The summed E-state index contributed by atoms with van der Waals surface area (Å²) < 4.78 is 10.7. The monoisotopic (exact) mass is 228 g/mol. The summed E-state index contributed by atoms with van der Waals surface area (Å²) in [5.74, 6) is 0. The van der Waals surface area contributed by atoms with Gasteiger partial charge in [-0.25, -0.2) is 4.79 Å². The summed E-state index contributed by atoms with van der Waals surface area (Å²) in [6.45, 7) is 2.53. The van der Waals surface area contributed by atoms with Crippen molar-refractivity contribution in [2.24, 2.45) is 0 Å². The lowest BCUT2D eigenvalue weighted by Crippen LogP contribution is -2.50. The molecule has 2 saturated heterocycles. The van der Waals surface area contributed by atoms with Gasteiger partial charge in [-0.15, -0.1) is 0 Å². The third kappa shape index (κ3) is 2.65. The topological polar surface area (TPSA) is 50.8 Å². The van der Waals surface area contributed by atoms with Crippen molar-refractivity contribution in [1.82, 2.24) is 10.2 Å². The second kappa shape index (κ2) is 5.50. The molecule has 0 aliphatic carbocycles. The van der Waals surface area contributed by atoms with Crippen molar-refractivity contribution in [1.29, 1.82) is 0 Å². The first-order valence-electron chi connectivity index (χ1n) is 6.03.